The molecule has 0 atom stereocenters. The predicted molar refractivity (Wildman–Crippen MR) is 237 cm³/mol. The first-order valence-electron chi connectivity index (χ1n) is 19.9. The lowest BCUT2D eigenvalue weighted by Gasteiger charge is -2.45. The van der Waals surface area contributed by atoms with Gasteiger partial charge in [-0.2, -0.15) is 0 Å². The second kappa shape index (κ2) is 12.0. The molecular weight excluding hydrogens is 736 g/mol. The van der Waals surface area contributed by atoms with E-state index in [1.165, 1.54) is 53.5 Å². The Hall–Kier alpha value is -5.50. The van der Waals surface area contributed by atoms with Crippen LogP contribution in [0.15, 0.2) is 159 Å². The average Bonchev–Trinajstić information content (AvgIpc) is 3.22. The van der Waals surface area contributed by atoms with Gasteiger partial charge in [0.15, 0.2) is 0 Å². The van der Waals surface area contributed by atoms with E-state index < -0.39 is 0 Å². The summed E-state index contributed by atoms with van der Waals surface area (Å²) in [4.78, 5) is 9.77. The zero-order valence-electron chi connectivity index (χ0n) is 32.3. The van der Waals surface area contributed by atoms with Crippen molar-refractivity contribution in [3.8, 4) is 23.0 Å². The van der Waals surface area contributed by atoms with Gasteiger partial charge in [-0.3, -0.25) is 0 Å². The van der Waals surface area contributed by atoms with Crippen molar-refractivity contribution in [2.45, 2.75) is 70.9 Å². The molecule has 276 valence electrons. The Bertz CT molecular complexity index is 2770. The van der Waals surface area contributed by atoms with Crippen LogP contribution < -0.4 is 35.7 Å². The van der Waals surface area contributed by atoms with Crippen LogP contribution in [0.2, 0.25) is 0 Å². The third-order valence-electron chi connectivity index (χ3n) is 12.8. The first-order valence-corrected chi connectivity index (χ1v) is 21.5. The Balaban J connectivity index is 1.07. The molecule has 0 bridgehead atoms. The van der Waals surface area contributed by atoms with Crippen LogP contribution in [0.5, 0.6) is 23.0 Å². The number of para-hydroxylation sites is 4. The Labute approximate surface area is 342 Å². The molecule has 0 saturated heterocycles. The molecule has 0 spiro atoms. The van der Waals surface area contributed by atoms with Gasteiger partial charge in [0.05, 0.1) is 22.7 Å². The minimum absolute atomic E-state index is 0.0272. The number of benzene rings is 7. The lowest BCUT2D eigenvalue weighted by atomic mass is 9.34. The molecule has 0 N–H and O–H groups in total. The maximum absolute atomic E-state index is 7.35. The van der Waals surface area contributed by atoms with Crippen molar-refractivity contribution in [3.05, 3.63) is 151 Å². The quantitative estimate of drug-likeness (QED) is 0.162. The Morgan fingerprint density at radius 3 is 1.42 bits per heavy atom. The molecule has 0 amide bonds. The van der Waals surface area contributed by atoms with Crippen molar-refractivity contribution in [1.82, 2.24) is 0 Å². The zero-order valence-corrected chi connectivity index (χ0v) is 33.9. The first-order chi connectivity index (χ1) is 27.7. The summed E-state index contributed by atoms with van der Waals surface area (Å²) >= 11 is 3.66. The summed E-state index contributed by atoms with van der Waals surface area (Å²) in [5, 5.41) is 0. The normalized spacial score (nSPS) is 16.9. The highest BCUT2D eigenvalue weighted by Gasteiger charge is 2.48. The van der Waals surface area contributed by atoms with Gasteiger partial charge < -0.3 is 19.3 Å². The molecule has 57 heavy (non-hydrogen) atoms. The molecule has 4 nitrogen and oxygen atoms in total. The largest absolute Gasteiger partial charge is 0.458 e. The smallest absolute Gasteiger partial charge is 0.260 e. The SMILES string of the molecule is CC1(C)CCC(C)(C)c2c1cc1c3c2Oc2cc(N4c5ccccc5Sc5ccccc54)ccc2B3c2ccc(N3c4ccccc4Sc4ccccc43)cc2O1. The highest BCUT2D eigenvalue weighted by molar-refractivity contribution is 8.00. The zero-order chi connectivity index (χ0) is 38.2. The third-order valence-corrected chi connectivity index (χ3v) is 15.0. The number of hydrogen-bond donors (Lipinski definition) is 0. The molecule has 4 heterocycles. The molecule has 12 rings (SSSR count). The number of ether oxygens (including phenoxy) is 2. The van der Waals surface area contributed by atoms with Gasteiger partial charge in [-0.25, -0.2) is 0 Å². The van der Waals surface area contributed by atoms with E-state index in [2.05, 4.69) is 177 Å². The Kier molecular flexibility index (Phi) is 7.09. The first kappa shape index (κ1) is 33.6. The van der Waals surface area contributed by atoms with Crippen molar-refractivity contribution >= 4 is 80.7 Å². The third kappa shape index (κ3) is 4.91. The second-order valence-corrected chi connectivity index (χ2v) is 19.3. The van der Waals surface area contributed by atoms with Crippen LogP contribution in [-0.2, 0) is 10.8 Å². The maximum atomic E-state index is 7.35. The van der Waals surface area contributed by atoms with E-state index in [0.29, 0.717) is 0 Å². The minimum Gasteiger partial charge on any atom is -0.458 e. The molecule has 0 unspecified atom stereocenters. The van der Waals surface area contributed by atoms with Crippen LogP contribution in [-0.4, -0.2) is 6.71 Å². The number of rotatable bonds is 2. The average molecular weight is 775 g/mol. The van der Waals surface area contributed by atoms with Crippen LogP contribution in [0, 0.1) is 0 Å². The van der Waals surface area contributed by atoms with Gasteiger partial charge in [0.25, 0.3) is 6.71 Å². The van der Waals surface area contributed by atoms with Gasteiger partial charge in [-0.05, 0) is 107 Å². The molecule has 7 aromatic carbocycles. The molecule has 5 aliphatic rings. The molecule has 4 aliphatic heterocycles. The number of nitrogens with zero attached hydrogens (tertiary/aromatic N) is 2. The minimum atomic E-state index is -0.0615. The van der Waals surface area contributed by atoms with Crippen LogP contribution in [0.3, 0.4) is 0 Å². The fraction of sp³-hybridized carbons (Fsp3) is 0.160. The standard InChI is InChI=1S/C50H39BN2O2S2/c1-49(2)25-26-50(3,4)46-32(49)29-41-47-48(46)55-40-28-31(53-37-15-7-11-19-44(37)57-45-20-12-8-16-38(45)53)22-24-34(40)51(47)33-23-21-30(27-39(33)54-41)52-35-13-5-9-17-42(35)56-43-18-10-6-14-36(43)52/h5-24,27-29H,25-26H2,1-4H3. The lowest BCUT2D eigenvalue weighted by Crippen LogP contribution is -2.58. The number of hydrogen-bond acceptors (Lipinski definition) is 6. The van der Waals surface area contributed by atoms with E-state index in [4.69, 9.17) is 9.47 Å². The monoisotopic (exact) mass is 774 g/mol. The van der Waals surface area contributed by atoms with E-state index in [1.807, 2.05) is 23.5 Å². The molecule has 0 fully saturated rings. The predicted octanol–water partition coefficient (Wildman–Crippen LogP) is 12.6. The fourth-order valence-corrected chi connectivity index (χ4v) is 12.0. The molecular formula is C50H39BN2O2S2. The summed E-state index contributed by atoms with van der Waals surface area (Å²) in [6.07, 6.45) is 2.20. The summed E-state index contributed by atoms with van der Waals surface area (Å²) < 4.78 is 14.5. The van der Waals surface area contributed by atoms with E-state index in [0.717, 1.165) is 63.6 Å². The summed E-state index contributed by atoms with van der Waals surface area (Å²) in [5.74, 6) is 3.69. The highest BCUT2D eigenvalue weighted by atomic mass is 32.2. The van der Waals surface area contributed by atoms with Gasteiger partial charge in [-0.15, -0.1) is 0 Å². The number of fused-ring (bicyclic) bond motifs is 10. The fourth-order valence-electron chi connectivity index (χ4n) is 9.85. The topological polar surface area (TPSA) is 24.9 Å². The molecule has 1 aliphatic carbocycles. The van der Waals surface area contributed by atoms with Crippen molar-refractivity contribution in [3.63, 3.8) is 0 Å². The van der Waals surface area contributed by atoms with E-state index in [1.54, 1.807) is 0 Å². The van der Waals surface area contributed by atoms with Crippen LogP contribution in [0.25, 0.3) is 0 Å². The summed E-state index contributed by atoms with van der Waals surface area (Å²) in [6, 6.07) is 50.9. The second-order valence-electron chi connectivity index (χ2n) is 17.1. The van der Waals surface area contributed by atoms with E-state index in [-0.39, 0.29) is 17.5 Å². The molecule has 0 radical (unpaired) electrons. The maximum Gasteiger partial charge on any atom is 0.260 e. The molecule has 0 saturated carbocycles. The van der Waals surface area contributed by atoms with Gasteiger partial charge in [0.1, 0.15) is 23.0 Å². The van der Waals surface area contributed by atoms with Gasteiger partial charge in [0.2, 0.25) is 0 Å². The van der Waals surface area contributed by atoms with Crippen LogP contribution in [0.1, 0.15) is 51.7 Å². The van der Waals surface area contributed by atoms with Crippen molar-refractivity contribution in [2.75, 3.05) is 9.80 Å². The summed E-state index contributed by atoms with van der Waals surface area (Å²) in [7, 11) is 0. The molecule has 7 heteroatoms. The van der Waals surface area contributed by atoms with E-state index in [9.17, 15) is 0 Å². The lowest BCUT2D eigenvalue weighted by molar-refractivity contribution is 0.318. The molecule has 7 aromatic rings. The van der Waals surface area contributed by atoms with Crippen LogP contribution in [0.4, 0.5) is 34.1 Å². The summed E-state index contributed by atoms with van der Waals surface area (Å²) in [5.41, 5.74) is 12.9. The Morgan fingerprint density at radius 1 is 0.491 bits per heavy atom. The van der Waals surface area contributed by atoms with Gasteiger partial charge >= 0.3 is 0 Å². The van der Waals surface area contributed by atoms with Crippen molar-refractivity contribution < 1.29 is 9.47 Å². The summed E-state index contributed by atoms with van der Waals surface area (Å²) in [6.45, 7) is 9.50. The highest BCUT2D eigenvalue weighted by Crippen LogP contribution is 2.56. The molecule has 0 aromatic heterocycles. The van der Waals surface area contributed by atoms with Gasteiger partial charge in [0, 0.05) is 54.1 Å². The number of anilines is 6. The Morgan fingerprint density at radius 2 is 0.930 bits per heavy atom. The van der Waals surface area contributed by atoms with E-state index >= 15 is 0 Å². The van der Waals surface area contributed by atoms with Crippen molar-refractivity contribution in [1.29, 1.82) is 0 Å². The van der Waals surface area contributed by atoms with Gasteiger partial charge in [-0.1, -0.05) is 112 Å². The van der Waals surface area contributed by atoms with Crippen LogP contribution >= 0.6 is 23.5 Å². The van der Waals surface area contributed by atoms with Crippen molar-refractivity contribution in [2.24, 2.45) is 0 Å².